The van der Waals surface area contributed by atoms with Crippen LogP contribution in [0.5, 0.6) is 47.0 Å². The summed E-state index contributed by atoms with van der Waals surface area (Å²) in [4.78, 5) is 80.4. The largest absolute Gasteiger partial charge is 0.421 e. The van der Waals surface area contributed by atoms with Gasteiger partial charge in [-0.15, -0.1) is 0 Å². The Balaban J connectivity index is 0.000000107. The molecular weight excluding hydrogens is 1630 g/mol. The number of ether oxygens (including phenoxy) is 4. The van der Waals surface area contributed by atoms with Crippen LogP contribution in [-0.2, 0) is 25.7 Å². The number of hydrogen-bond donors (Lipinski definition) is 8. The number of aromatic nitrogens is 16. The normalized spacial score (nSPS) is 20.8. The third-order valence-corrected chi connectivity index (χ3v) is 26.4. The van der Waals surface area contributed by atoms with Crippen LogP contribution >= 0.6 is 0 Å². The first-order valence-corrected chi connectivity index (χ1v) is 43.0. The van der Waals surface area contributed by atoms with E-state index in [1.54, 1.807) is 95.0 Å². The second-order valence-corrected chi connectivity index (χ2v) is 34.6. The van der Waals surface area contributed by atoms with E-state index in [9.17, 15) is 17.6 Å². The fourth-order valence-electron chi connectivity index (χ4n) is 19.6. The van der Waals surface area contributed by atoms with Gasteiger partial charge in [0.05, 0.1) is 72.4 Å². The molecule has 11 N–H and O–H groups in total. The average molecular weight is 1720 g/mol. The highest BCUT2D eigenvalue weighted by molar-refractivity contribution is 5.92. The third-order valence-electron chi connectivity index (χ3n) is 26.4. The maximum atomic E-state index is 14.5. The van der Waals surface area contributed by atoms with E-state index in [0.29, 0.717) is 96.4 Å². The highest BCUT2D eigenvalue weighted by atomic mass is 19.1. The Hall–Kier alpha value is -13.3. The van der Waals surface area contributed by atoms with Gasteiger partial charge in [0.25, 0.3) is 0 Å². The lowest BCUT2D eigenvalue weighted by Crippen LogP contribution is -2.41. The Morgan fingerprint density at radius 1 is 0.409 bits per heavy atom. The van der Waals surface area contributed by atoms with Crippen LogP contribution in [0.3, 0.4) is 0 Å². The zero-order chi connectivity index (χ0) is 87.4. The molecule has 4 aromatic carbocycles. The van der Waals surface area contributed by atoms with Crippen LogP contribution in [0.15, 0.2) is 98.1 Å². The summed E-state index contributed by atoms with van der Waals surface area (Å²) in [5.41, 5.74) is 36.1. The summed E-state index contributed by atoms with van der Waals surface area (Å²) in [5.74, 6) is 7.52. The van der Waals surface area contributed by atoms with Crippen molar-refractivity contribution in [3.8, 4) is 91.5 Å². The molecule has 0 radical (unpaired) electrons. The highest BCUT2D eigenvalue weighted by Gasteiger charge is 2.57. The van der Waals surface area contributed by atoms with Gasteiger partial charge in [0.15, 0.2) is 23.0 Å². The lowest BCUT2D eigenvalue weighted by atomic mass is 9.98. The smallest absolute Gasteiger partial charge is 0.324 e. The molecule has 7 atom stereocenters. The highest BCUT2D eigenvalue weighted by Crippen LogP contribution is 2.57. The minimum atomic E-state index is -0.291. The second-order valence-electron chi connectivity index (χ2n) is 34.6. The van der Waals surface area contributed by atoms with E-state index in [-0.39, 0.29) is 70.2 Å². The Morgan fingerprint density at radius 2 is 0.717 bits per heavy atom. The summed E-state index contributed by atoms with van der Waals surface area (Å²) in [7, 11) is 7.21. The molecule has 652 valence electrons. The molecule has 36 heteroatoms. The number of aryl methyl sites for hydroxylation is 4. The number of benzene rings is 4. The number of fused-ring (bicyclic) bond motifs is 14. The van der Waals surface area contributed by atoms with E-state index < -0.39 is 0 Å². The summed E-state index contributed by atoms with van der Waals surface area (Å²) in [6.45, 7) is 15.7. The Labute approximate surface area is 729 Å². The minimum absolute atomic E-state index is 0.170. The summed E-state index contributed by atoms with van der Waals surface area (Å²) in [5, 5.41) is 16.0. The zero-order valence-corrected chi connectivity index (χ0v) is 71.6. The lowest BCUT2D eigenvalue weighted by molar-refractivity contribution is 0.430. The summed E-state index contributed by atoms with van der Waals surface area (Å²) < 4.78 is 81.5. The first kappa shape index (κ1) is 82.0. The van der Waals surface area contributed by atoms with Gasteiger partial charge in [-0.05, 0) is 178 Å². The quantitative estimate of drug-likeness (QED) is 0.0393. The number of nitrogens with zero attached hydrogens (tertiary/aromatic N) is 20. The van der Waals surface area contributed by atoms with Crippen LogP contribution in [0.1, 0.15) is 107 Å². The fourth-order valence-corrected chi connectivity index (χ4v) is 19.6. The van der Waals surface area contributed by atoms with Gasteiger partial charge in [-0.1, -0.05) is 0 Å². The molecule has 11 aliphatic rings. The first-order valence-electron chi connectivity index (χ1n) is 43.0. The first-order chi connectivity index (χ1) is 61.5. The Bertz CT molecular complexity index is 6100. The van der Waals surface area contributed by atoms with E-state index in [1.807, 2.05) is 34.7 Å². The van der Waals surface area contributed by atoms with Crippen LogP contribution in [0.25, 0.3) is 44.5 Å². The second kappa shape index (κ2) is 32.9. The van der Waals surface area contributed by atoms with Crippen molar-refractivity contribution in [1.29, 1.82) is 0 Å². The molecule has 2 saturated carbocycles. The van der Waals surface area contributed by atoms with Crippen LogP contribution in [0.2, 0.25) is 0 Å². The van der Waals surface area contributed by atoms with Gasteiger partial charge in [0.1, 0.15) is 69.8 Å². The molecule has 8 aromatic heterocycles. The predicted molar refractivity (Wildman–Crippen MR) is 472 cm³/mol. The summed E-state index contributed by atoms with van der Waals surface area (Å²) in [6.07, 6.45) is 21.5. The van der Waals surface area contributed by atoms with Crippen LogP contribution in [0.4, 0.5) is 63.6 Å². The molecule has 6 unspecified atom stereocenters. The van der Waals surface area contributed by atoms with Gasteiger partial charge in [-0.3, -0.25) is 0 Å². The number of rotatable bonds is 17. The number of anilines is 8. The van der Waals surface area contributed by atoms with Crippen molar-refractivity contribution in [3.05, 3.63) is 190 Å². The monoisotopic (exact) mass is 1720 g/mol. The topological polar surface area (TPSA) is 394 Å². The molecule has 2 bridgehead atoms. The maximum absolute atomic E-state index is 14.5. The van der Waals surface area contributed by atoms with Crippen molar-refractivity contribution >= 4 is 46.0 Å². The zero-order valence-electron chi connectivity index (χ0n) is 71.6. The van der Waals surface area contributed by atoms with Crippen LogP contribution in [-0.4, -0.2) is 192 Å². The van der Waals surface area contributed by atoms with Crippen molar-refractivity contribution in [3.63, 3.8) is 0 Å². The molecule has 127 heavy (non-hydrogen) atoms. The van der Waals surface area contributed by atoms with Gasteiger partial charge in [0.2, 0.25) is 0 Å². The van der Waals surface area contributed by atoms with E-state index >= 15 is 0 Å². The molecule has 6 aliphatic carbocycles. The molecule has 13 heterocycles. The molecule has 7 fully saturated rings. The number of halogens is 4. The predicted octanol–water partition coefficient (Wildman–Crippen LogP) is 11.9. The number of piperidine rings is 1. The van der Waals surface area contributed by atoms with Crippen LogP contribution < -0.4 is 82.3 Å². The molecule has 2 spiro atoms. The molecule has 32 nitrogen and oxygen atoms in total. The van der Waals surface area contributed by atoms with Crippen molar-refractivity contribution in [2.45, 2.75) is 110 Å². The summed E-state index contributed by atoms with van der Waals surface area (Å²) in [6, 6.07) is 14.3. The van der Waals surface area contributed by atoms with Crippen LogP contribution in [0, 0.1) is 73.6 Å². The van der Waals surface area contributed by atoms with Crippen molar-refractivity contribution in [2.24, 2.45) is 39.9 Å². The van der Waals surface area contributed by atoms with Gasteiger partial charge in [-0.2, -0.15) is 39.9 Å². The Kier molecular flexibility index (Phi) is 21.2. The van der Waals surface area contributed by atoms with E-state index in [0.717, 1.165) is 227 Å². The molecule has 0 amide bonds. The lowest BCUT2D eigenvalue weighted by Gasteiger charge is -2.33. The van der Waals surface area contributed by atoms with Crippen molar-refractivity contribution in [2.75, 3.05) is 135 Å². The van der Waals surface area contributed by atoms with Gasteiger partial charge >= 0.3 is 24.0 Å². The van der Waals surface area contributed by atoms with E-state index in [1.165, 1.54) is 30.7 Å². The average Bonchev–Trinajstić information content (AvgIpc) is 1.55. The van der Waals surface area contributed by atoms with Crippen molar-refractivity contribution in [1.82, 2.24) is 85.1 Å². The number of nitrogens with one attached hydrogen (secondary N) is 5. The van der Waals surface area contributed by atoms with Crippen molar-refractivity contribution < 1.29 is 36.5 Å². The van der Waals surface area contributed by atoms with E-state index in [2.05, 4.69) is 91.0 Å². The molecule has 23 rings (SSSR count). The van der Waals surface area contributed by atoms with Gasteiger partial charge in [0, 0.05) is 187 Å². The van der Waals surface area contributed by atoms with Gasteiger partial charge < -0.3 is 82.3 Å². The standard InChI is InChI=1S/3C23H24FN7O.C22H24FN7O/c1-12-26-8-16(9-27-12)32-23-29-20-6-17-18(4-14(24)5-19(17)25-2)21(20)22(30-23)31-10-13-3-15(11-31)28-7-13;2*1-12-27-9-14(10-28-12)32-22-29-18-7-15-16(5-13(24)6-17(15)26-2)20(18)21(30-22)31-4-3-23(11-31)8-19(23)25;1-12-26-9-15(10-27-12)31-22-28-19-7-16-17(5-14(23)6-18(16)25-2)20(19)21(29-22)30-4-3-13(8-24)11-30/h4-5,8-9,13,15,25,28H,3,6-7,10-11H2,1-2H3;2*5-6,9-10,19,26H,3-4,7-8,11,25H2,1-2H3;5-6,9-10,13,25H,3-4,7-8,11,24H2,1-2H3/t;19-,23?;;/m.0../s1. The molecule has 12 aromatic rings. The summed E-state index contributed by atoms with van der Waals surface area (Å²) >= 11 is 0. The number of hydrogen-bond acceptors (Lipinski definition) is 32. The molecule has 5 saturated heterocycles. The van der Waals surface area contributed by atoms with E-state index in [4.69, 9.17) is 71.0 Å². The Morgan fingerprint density at radius 3 is 0.992 bits per heavy atom. The molecule has 5 aliphatic heterocycles. The minimum Gasteiger partial charge on any atom is -0.421 e. The fraction of sp³-hybridized carbons (Fsp3) is 0.385. The maximum Gasteiger partial charge on any atom is 0.324 e. The molecular formula is C91H96F4N28O4. The SMILES string of the molecule is CNc1cc(F)cc2c1Cc1nc(Oc3cnc(C)nc3)nc(N3CC4CNC(C4)C3)c1-2.CNc1cc(F)cc2c1Cc1nc(Oc3cnc(C)nc3)nc(N3CCC(CN)C3)c1-2.CNc1cc(F)cc2c1Cc1nc(Oc3cnc(C)nc3)nc(N3CCC4(CC4N)C3)c1-2.CNc1cc(F)cc2c1Cc1nc(Oc3cnc(C)nc3)nc(N3CCC4(C[C@@H]4N)C3)c1-2. The third kappa shape index (κ3) is 15.9. The number of nitrogens with two attached hydrogens (primary N) is 3. The van der Waals surface area contributed by atoms with Gasteiger partial charge in [-0.25, -0.2) is 57.4 Å².